The first kappa shape index (κ1) is 25.8. The quantitative estimate of drug-likeness (QED) is 0.337. The number of aryl methyl sites for hydroxylation is 1. The molecule has 0 aromatic heterocycles. The number of ether oxygens (including phenoxy) is 1. The smallest absolute Gasteiger partial charge is 0.293 e. The number of nitrogens with zero attached hydrogens (tertiary/aromatic N) is 1. The second kappa shape index (κ2) is 11.6. The molecule has 4 rings (SSSR count). The largest absolute Gasteiger partial charge is 0.488 e. The molecule has 0 atom stereocenters. The number of imide groups is 1. The van der Waals surface area contributed by atoms with Crippen molar-refractivity contribution in [2.75, 3.05) is 13.1 Å². The van der Waals surface area contributed by atoms with Crippen molar-refractivity contribution in [3.8, 4) is 5.75 Å². The Labute approximate surface area is 223 Å². The molecule has 184 valence electrons. The highest BCUT2D eigenvalue weighted by Crippen LogP contribution is 2.33. The highest BCUT2D eigenvalue weighted by molar-refractivity contribution is 8.18. The molecule has 36 heavy (non-hydrogen) atoms. The predicted octanol–water partition coefficient (Wildman–Crippen LogP) is 6.35. The Morgan fingerprint density at radius 3 is 2.56 bits per heavy atom. The topological polar surface area (TPSA) is 75.7 Å². The Balaban J connectivity index is 1.35. The van der Waals surface area contributed by atoms with Gasteiger partial charge >= 0.3 is 0 Å². The van der Waals surface area contributed by atoms with Crippen molar-refractivity contribution >= 4 is 58.1 Å². The van der Waals surface area contributed by atoms with Crippen molar-refractivity contribution in [2.24, 2.45) is 0 Å². The maximum Gasteiger partial charge on any atom is 0.293 e. The van der Waals surface area contributed by atoms with Crippen molar-refractivity contribution in [3.63, 3.8) is 0 Å². The van der Waals surface area contributed by atoms with E-state index in [9.17, 15) is 14.4 Å². The van der Waals surface area contributed by atoms with Crippen LogP contribution in [0.5, 0.6) is 5.75 Å². The van der Waals surface area contributed by atoms with Crippen LogP contribution in [0.2, 0.25) is 10.0 Å². The minimum absolute atomic E-state index is 0.0430. The summed E-state index contributed by atoms with van der Waals surface area (Å²) in [5, 5.41) is 3.13. The molecular weight excluding hydrogens is 519 g/mol. The summed E-state index contributed by atoms with van der Waals surface area (Å²) < 4.78 is 5.92. The number of hydrogen-bond acceptors (Lipinski definition) is 5. The molecule has 0 bridgehead atoms. The molecule has 0 spiro atoms. The molecule has 9 heteroatoms. The predicted molar refractivity (Wildman–Crippen MR) is 143 cm³/mol. The number of halogens is 2. The molecule has 1 aliphatic heterocycles. The van der Waals surface area contributed by atoms with Gasteiger partial charge in [0.25, 0.3) is 17.1 Å². The van der Waals surface area contributed by atoms with Crippen LogP contribution in [0.15, 0.2) is 71.6 Å². The van der Waals surface area contributed by atoms with Gasteiger partial charge in [0.1, 0.15) is 12.4 Å². The van der Waals surface area contributed by atoms with Gasteiger partial charge in [-0.25, -0.2) is 0 Å². The second-order valence-corrected chi connectivity index (χ2v) is 9.78. The van der Waals surface area contributed by atoms with Crippen molar-refractivity contribution in [1.82, 2.24) is 10.2 Å². The number of benzene rings is 3. The first-order valence-electron chi connectivity index (χ1n) is 11.1. The Hall–Kier alpha value is -3.26. The minimum Gasteiger partial charge on any atom is -0.488 e. The van der Waals surface area contributed by atoms with Crippen molar-refractivity contribution in [3.05, 3.63) is 104 Å². The molecule has 1 aliphatic rings. The summed E-state index contributed by atoms with van der Waals surface area (Å²) in [6.07, 6.45) is 1.59. The highest BCUT2D eigenvalue weighted by atomic mass is 35.5. The summed E-state index contributed by atoms with van der Waals surface area (Å²) >= 11 is 12.8. The van der Waals surface area contributed by atoms with E-state index >= 15 is 0 Å². The summed E-state index contributed by atoms with van der Waals surface area (Å²) in [7, 11) is 0. The van der Waals surface area contributed by atoms with Gasteiger partial charge in [0.2, 0.25) is 0 Å². The first-order chi connectivity index (χ1) is 17.3. The second-order valence-electron chi connectivity index (χ2n) is 7.97. The van der Waals surface area contributed by atoms with Crippen LogP contribution in [0.4, 0.5) is 4.79 Å². The molecule has 3 aromatic rings. The summed E-state index contributed by atoms with van der Waals surface area (Å²) in [5.41, 5.74) is 3.16. The summed E-state index contributed by atoms with van der Waals surface area (Å²) in [4.78, 5) is 39.4. The van der Waals surface area contributed by atoms with E-state index < -0.39 is 11.1 Å². The lowest BCUT2D eigenvalue weighted by Crippen LogP contribution is -2.37. The lowest BCUT2D eigenvalue weighted by Gasteiger charge is -2.15. The maximum atomic E-state index is 12.8. The number of carbonyl (C=O) groups is 3. The van der Waals surface area contributed by atoms with Crippen molar-refractivity contribution in [2.45, 2.75) is 13.5 Å². The SMILES string of the molecule is Cc1ccccc1COc1ccccc1C(=O)NCCN1C(=O)S/C(=C\c2ccc(Cl)c(Cl)c2)C1=O. The van der Waals surface area contributed by atoms with Gasteiger partial charge in [-0.1, -0.05) is 65.7 Å². The van der Waals surface area contributed by atoms with Gasteiger partial charge in [-0.15, -0.1) is 0 Å². The number of nitrogens with one attached hydrogen (secondary N) is 1. The third-order valence-corrected chi connectivity index (χ3v) is 7.16. The number of para-hydroxylation sites is 1. The van der Waals surface area contributed by atoms with Crippen LogP contribution >= 0.6 is 35.0 Å². The fourth-order valence-electron chi connectivity index (χ4n) is 3.53. The standard InChI is InChI=1S/C27H22Cl2N2O4S/c1-17-6-2-3-7-19(17)16-35-23-9-5-4-8-20(23)25(32)30-12-13-31-26(33)24(36-27(31)34)15-18-10-11-21(28)22(29)14-18/h2-11,14-15H,12-13,16H2,1H3,(H,30,32)/b24-15-. The van der Waals surface area contributed by atoms with E-state index in [1.807, 2.05) is 31.2 Å². The van der Waals surface area contributed by atoms with Crippen molar-refractivity contribution < 1.29 is 19.1 Å². The molecule has 6 nitrogen and oxygen atoms in total. The Kier molecular flexibility index (Phi) is 8.36. The number of amides is 3. The van der Waals surface area contributed by atoms with Gasteiger partial charge in [0.05, 0.1) is 20.5 Å². The molecule has 1 saturated heterocycles. The molecule has 1 fully saturated rings. The van der Waals surface area contributed by atoms with E-state index in [0.717, 1.165) is 27.8 Å². The van der Waals surface area contributed by atoms with Gasteiger partial charge in [-0.2, -0.15) is 0 Å². The number of hydrogen-bond donors (Lipinski definition) is 1. The maximum absolute atomic E-state index is 12.8. The van der Waals surface area contributed by atoms with Crippen LogP contribution in [-0.4, -0.2) is 35.0 Å². The third kappa shape index (κ3) is 6.10. The van der Waals surface area contributed by atoms with E-state index in [1.165, 1.54) is 0 Å². The van der Waals surface area contributed by atoms with E-state index in [2.05, 4.69) is 5.32 Å². The fourth-order valence-corrected chi connectivity index (χ4v) is 4.70. The average Bonchev–Trinajstić information content (AvgIpc) is 3.13. The zero-order valence-corrected chi connectivity index (χ0v) is 21.6. The molecule has 0 unspecified atom stereocenters. The lowest BCUT2D eigenvalue weighted by atomic mass is 10.1. The Morgan fingerprint density at radius 1 is 1.03 bits per heavy atom. The Bertz CT molecular complexity index is 1360. The van der Waals surface area contributed by atoms with Gasteiger partial charge in [-0.3, -0.25) is 19.3 Å². The van der Waals surface area contributed by atoms with E-state index in [4.69, 9.17) is 27.9 Å². The summed E-state index contributed by atoms with van der Waals surface area (Å²) in [6, 6.07) is 19.8. The van der Waals surface area contributed by atoms with Crippen LogP contribution in [-0.2, 0) is 11.4 Å². The monoisotopic (exact) mass is 540 g/mol. The first-order valence-corrected chi connectivity index (χ1v) is 12.7. The molecular formula is C27H22Cl2N2O4S. The lowest BCUT2D eigenvalue weighted by molar-refractivity contribution is -0.122. The fraction of sp³-hybridized carbons (Fsp3) is 0.148. The molecule has 0 radical (unpaired) electrons. The minimum atomic E-state index is -0.424. The summed E-state index contributed by atoms with van der Waals surface area (Å²) in [5.74, 6) is -0.324. The van der Waals surface area contributed by atoms with Crippen LogP contribution < -0.4 is 10.1 Å². The highest BCUT2D eigenvalue weighted by Gasteiger charge is 2.34. The number of rotatable bonds is 8. The van der Waals surface area contributed by atoms with Crippen LogP contribution in [0.25, 0.3) is 6.08 Å². The van der Waals surface area contributed by atoms with Crippen LogP contribution in [0, 0.1) is 6.92 Å². The van der Waals surface area contributed by atoms with Gasteiger partial charge in [-0.05, 0) is 65.7 Å². The Morgan fingerprint density at radius 2 is 1.78 bits per heavy atom. The van der Waals surface area contributed by atoms with Gasteiger partial charge in [0.15, 0.2) is 0 Å². The molecule has 3 amide bonds. The van der Waals surface area contributed by atoms with Crippen molar-refractivity contribution in [1.29, 1.82) is 0 Å². The van der Waals surface area contributed by atoms with E-state index in [1.54, 1.807) is 48.5 Å². The molecule has 0 saturated carbocycles. The molecule has 0 aliphatic carbocycles. The normalized spacial score (nSPS) is 14.4. The van der Waals surface area contributed by atoms with Crippen LogP contribution in [0.3, 0.4) is 0 Å². The van der Waals surface area contributed by atoms with Gasteiger partial charge in [0, 0.05) is 13.1 Å². The molecule has 1 N–H and O–H groups in total. The van der Waals surface area contributed by atoms with E-state index in [0.29, 0.717) is 33.5 Å². The molecule has 3 aromatic carbocycles. The average molecular weight is 541 g/mol. The number of thioether (sulfide) groups is 1. The van der Waals surface area contributed by atoms with Gasteiger partial charge < -0.3 is 10.1 Å². The van der Waals surface area contributed by atoms with E-state index in [-0.39, 0.29) is 23.9 Å². The zero-order valence-electron chi connectivity index (χ0n) is 19.3. The number of carbonyl (C=O) groups excluding carboxylic acids is 3. The molecule has 1 heterocycles. The van der Waals surface area contributed by atoms with Crippen LogP contribution in [0.1, 0.15) is 27.0 Å². The zero-order chi connectivity index (χ0) is 25.7. The summed E-state index contributed by atoms with van der Waals surface area (Å²) in [6.45, 7) is 2.48. The third-order valence-electron chi connectivity index (χ3n) is 5.51.